The summed E-state index contributed by atoms with van der Waals surface area (Å²) in [4.78, 5) is 13.6. The Balaban J connectivity index is 1.35. The first-order valence-corrected chi connectivity index (χ1v) is 19.0. The molecular weight excluding hydrogens is 661 g/mol. The van der Waals surface area contributed by atoms with Crippen molar-refractivity contribution in [3.63, 3.8) is 0 Å². The third-order valence-electron chi connectivity index (χ3n) is 10.2. The standard InChI is InChI=1S/C35H39Cl2N3O6S/c36-24-10-9-22-7-8-23(5-2-1-3-6-33(41)42)34-26-21-27-32(46-31(26)13-16-38(34)29(22)19-24)14-17-40-28-12-11-25(37)20-30(28)39(35(27)40)15-4-18-47(43,44)45/h9-12,19-21,23,31-32H,1-8,13-18H2,(H-,41,42,43,44,45)/p+1. The molecule has 0 amide bonds. The molecule has 1 aromatic heterocycles. The quantitative estimate of drug-likeness (QED) is 0.135. The van der Waals surface area contributed by atoms with Crippen LogP contribution in [-0.4, -0.2) is 53.1 Å². The van der Waals surface area contributed by atoms with Crippen LogP contribution < -0.4 is 9.47 Å². The van der Waals surface area contributed by atoms with E-state index in [2.05, 4.69) is 32.2 Å². The summed E-state index contributed by atoms with van der Waals surface area (Å²) in [5.41, 5.74) is 7.93. The van der Waals surface area contributed by atoms with Gasteiger partial charge in [0.05, 0.1) is 36.6 Å². The predicted octanol–water partition coefficient (Wildman–Crippen LogP) is 6.83. The second-order valence-electron chi connectivity index (χ2n) is 13.2. The van der Waals surface area contributed by atoms with Gasteiger partial charge in [0.2, 0.25) is 0 Å². The Bertz CT molecular complexity index is 1900. The number of aromatic nitrogens is 2. The SMILES string of the molecule is O=C(O)CCCCCC1CCc2ccc(Cl)cc2N2CCC3OC4CC[n+]5c(n(CCCS(=O)(=O)O)c6cc(Cl)ccc65)C4=CC3=C12. The number of imidazole rings is 1. The minimum absolute atomic E-state index is 0.0383. The molecule has 3 unspecified atom stereocenters. The van der Waals surface area contributed by atoms with Crippen LogP contribution in [0, 0.1) is 5.92 Å². The Labute approximate surface area is 285 Å². The predicted molar refractivity (Wildman–Crippen MR) is 182 cm³/mol. The highest BCUT2D eigenvalue weighted by molar-refractivity contribution is 7.85. The van der Waals surface area contributed by atoms with Gasteiger partial charge in [0.25, 0.3) is 15.9 Å². The number of ether oxygens (including phenoxy) is 1. The monoisotopic (exact) mass is 700 g/mol. The topological polar surface area (TPSA) is 113 Å². The second-order valence-corrected chi connectivity index (χ2v) is 15.6. The highest BCUT2D eigenvalue weighted by Crippen LogP contribution is 2.47. The molecule has 0 bridgehead atoms. The Hall–Kier alpha value is -2.89. The summed E-state index contributed by atoms with van der Waals surface area (Å²) < 4.78 is 44.2. The van der Waals surface area contributed by atoms with Gasteiger partial charge in [-0.25, -0.2) is 9.13 Å². The number of aryl methyl sites for hydroxylation is 3. The number of allylic oxidation sites excluding steroid dienone is 1. The molecule has 5 heterocycles. The Morgan fingerprint density at radius 1 is 1.00 bits per heavy atom. The van der Waals surface area contributed by atoms with Gasteiger partial charge in [-0.15, -0.1) is 0 Å². The van der Waals surface area contributed by atoms with Gasteiger partial charge >= 0.3 is 5.97 Å². The molecule has 3 aromatic rings. The smallest absolute Gasteiger partial charge is 0.303 e. The van der Waals surface area contributed by atoms with Crippen LogP contribution in [0.1, 0.15) is 69.2 Å². The number of hydrogen-bond donors (Lipinski definition) is 2. The van der Waals surface area contributed by atoms with Gasteiger partial charge in [-0.2, -0.15) is 8.42 Å². The van der Waals surface area contributed by atoms with Gasteiger partial charge in [-0.05, 0) is 73.9 Å². The van der Waals surface area contributed by atoms with Crippen molar-refractivity contribution in [2.75, 3.05) is 17.2 Å². The van der Waals surface area contributed by atoms with Crippen molar-refractivity contribution < 1.29 is 32.2 Å². The molecule has 12 heteroatoms. The molecule has 0 saturated heterocycles. The molecule has 0 radical (unpaired) electrons. The fourth-order valence-corrected chi connectivity index (χ4v) is 8.97. The van der Waals surface area contributed by atoms with Crippen LogP contribution in [0.2, 0.25) is 10.0 Å². The molecular formula is C35H40Cl2N3O6S+. The molecule has 0 aliphatic carbocycles. The van der Waals surface area contributed by atoms with Gasteiger partial charge in [0, 0.05) is 58.9 Å². The third-order valence-corrected chi connectivity index (χ3v) is 11.4. The van der Waals surface area contributed by atoms with Crippen LogP contribution in [-0.2, 0) is 39.2 Å². The lowest BCUT2D eigenvalue weighted by molar-refractivity contribution is -0.679. The van der Waals surface area contributed by atoms with Gasteiger partial charge in [-0.1, -0.05) is 42.1 Å². The van der Waals surface area contributed by atoms with Crippen molar-refractivity contribution >= 4 is 61.6 Å². The number of carboxylic acids is 1. The van der Waals surface area contributed by atoms with E-state index >= 15 is 0 Å². The summed E-state index contributed by atoms with van der Waals surface area (Å²) in [7, 11) is -4.10. The van der Waals surface area contributed by atoms with Crippen molar-refractivity contribution in [1.82, 2.24) is 4.57 Å². The van der Waals surface area contributed by atoms with E-state index in [1.54, 1.807) is 0 Å². The molecule has 0 fully saturated rings. The number of nitrogens with zero attached hydrogens (tertiary/aromatic N) is 3. The second kappa shape index (κ2) is 13.2. The van der Waals surface area contributed by atoms with E-state index in [1.165, 1.54) is 16.8 Å². The van der Waals surface area contributed by atoms with E-state index in [9.17, 15) is 17.8 Å². The maximum Gasteiger partial charge on any atom is 0.303 e. The summed E-state index contributed by atoms with van der Waals surface area (Å²) in [6.45, 7) is 1.99. The van der Waals surface area contributed by atoms with E-state index in [4.69, 9.17) is 33.0 Å². The summed E-state index contributed by atoms with van der Waals surface area (Å²) in [6.07, 6.45) is 9.72. The zero-order valence-corrected chi connectivity index (χ0v) is 28.5. The number of carboxylic acid groups (broad SMARTS) is 1. The molecule has 4 aliphatic heterocycles. The minimum atomic E-state index is -4.10. The molecule has 0 spiro atoms. The molecule has 2 N–H and O–H groups in total. The average molecular weight is 702 g/mol. The van der Waals surface area contributed by atoms with Gasteiger partial charge < -0.3 is 14.7 Å². The fraction of sp³-hybridized carbons (Fsp3) is 0.486. The Morgan fingerprint density at radius 3 is 2.62 bits per heavy atom. The van der Waals surface area contributed by atoms with Crippen molar-refractivity contribution in [2.24, 2.45) is 5.92 Å². The first-order valence-electron chi connectivity index (χ1n) is 16.6. The highest BCUT2D eigenvalue weighted by Gasteiger charge is 2.44. The lowest BCUT2D eigenvalue weighted by atomic mass is 9.83. The number of fused-ring (bicyclic) bond motifs is 9. The fourth-order valence-electron chi connectivity index (χ4n) is 8.14. The normalized spacial score (nSPS) is 22.1. The zero-order valence-electron chi connectivity index (χ0n) is 26.2. The molecule has 4 aliphatic rings. The number of carbonyl (C=O) groups is 1. The number of hydrogen-bond acceptors (Lipinski definition) is 5. The van der Waals surface area contributed by atoms with Crippen LogP contribution in [0.25, 0.3) is 16.6 Å². The van der Waals surface area contributed by atoms with Gasteiger partial charge in [-0.3, -0.25) is 9.35 Å². The Morgan fingerprint density at radius 2 is 1.81 bits per heavy atom. The zero-order chi connectivity index (χ0) is 32.9. The molecule has 47 heavy (non-hydrogen) atoms. The lowest BCUT2D eigenvalue weighted by Gasteiger charge is -2.43. The molecule has 250 valence electrons. The summed E-state index contributed by atoms with van der Waals surface area (Å²) in [6, 6.07) is 12.0. The first-order chi connectivity index (χ1) is 22.6. The number of halogens is 2. The minimum Gasteiger partial charge on any atom is -0.481 e. The van der Waals surface area contributed by atoms with Crippen LogP contribution >= 0.6 is 23.2 Å². The lowest BCUT2D eigenvalue weighted by Crippen LogP contribution is -2.49. The molecule has 3 atom stereocenters. The van der Waals surface area contributed by atoms with Gasteiger partial charge in [0.15, 0.2) is 11.0 Å². The Kier molecular flexibility index (Phi) is 9.17. The van der Waals surface area contributed by atoms with Crippen molar-refractivity contribution in [3.8, 4) is 0 Å². The molecule has 9 nitrogen and oxygen atoms in total. The van der Waals surface area contributed by atoms with E-state index in [1.807, 2.05) is 24.3 Å². The highest BCUT2D eigenvalue weighted by atomic mass is 35.5. The number of rotatable bonds is 10. The van der Waals surface area contributed by atoms with Crippen molar-refractivity contribution in [1.29, 1.82) is 0 Å². The van der Waals surface area contributed by atoms with E-state index in [-0.39, 0.29) is 36.7 Å². The summed E-state index contributed by atoms with van der Waals surface area (Å²) in [5.74, 6) is 0.186. The summed E-state index contributed by atoms with van der Waals surface area (Å²) in [5, 5.41) is 10.5. The van der Waals surface area contributed by atoms with Crippen LogP contribution in [0.5, 0.6) is 0 Å². The largest absolute Gasteiger partial charge is 0.481 e. The maximum absolute atomic E-state index is 11.6. The average Bonchev–Trinajstić information content (AvgIpc) is 3.24. The van der Waals surface area contributed by atoms with Gasteiger partial charge in [0.1, 0.15) is 0 Å². The van der Waals surface area contributed by atoms with Crippen LogP contribution in [0.3, 0.4) is 0 Å². The molecule has 7 rings (SSSR count). The third kappa shape index (κ3) is 6.59. The first kappa shape index (κ1) is 32.6. The van der Waals surface area contributed by atoms with Crippen molar-refractivity contribution in [2.45, 2.75) is 89.5 Å². The van der Waals surface area contributed by atoms with Crippen LogP contribution in [0.4, 0.5) is 5.69 Å². The molecule has 2 aromatic carbocycles. The number of aliphatic carboxylic acids is 1. The molecule has 0 saturated carbocycles. The summed E-state index contributed by atoms with van der Waals surface area (Å²) >= 11 is 13.0. The van der Waals surface area contributed by atoms with E-state index in [0.717, 1.165) is 86.2 Å². The number of unbranched alkanes of at least 4 members (excludes halogenated alkanes) is 2. The van der Waals surface area contributed by atoms with E-state index in [0.29, 0.717) is 23.0 Å². The number of benzene rings is 2. The van der Waals surface area contributed by atoms with Crippen LogP contribution in [0.15, 0.2) is 53.7 Å². The van der Waals surface area contributed by atoms with Crippen molar-refractivity contribution in [3.05, 3.63) is 75.2 Å². The maximum atomic E-state index is 11.6. The number of anilines is 1. The van der Waals surface area contributed by atoms with E-state index < -0.39 is 16.1 Å².